The number of alkyl halides is 3. The third kappa shape index (κ3) is 6.54. The summed E-state index contributed by atoms with van der Waals surface area (Å²) in [5, 5.41) is 0. The highest BCUT2D eigenvalue weighted by Crippen LogP contribution is 2.33. The molecule has 132 valence electrons. The van der Waals surface area contributed by atoms with Crippen molar-refractivity contribution in [1.29, 1.82) is 0 Å². The molecule has 0 N–H and O–H groups in total. The molecule has 0 unspecified atom stereocenters. The zero-order valence-corrected chi connectivity index (χ0v) is 14.6. The molecular weight excluding hydrogens is 299 g/mol. The first-order valence-electron chi connectivity index (χ1n) is 8.83. The lowest BCUT2D eigenvalue weighted by atomic mass is 10.0. The van der Waals surface area contributed by atoms with E-state index in [1.807, 2.05) is 0 Å². The normalized spacial score (nSPS) is 12.3. The molecule has 1 rings (SSSR count). The van der Waals surface area contributed by atoms with Gasteiger partial charge < -0.3 is 0 Å². The van der Waals surface area contributed by atoms with Crippen LogP contribution in [0.5, 0.6) is 0 Å². The van der Waals surface area contributed by atoms with E-state index in [-0.39, 0.29) is 0 Å². The molecule has 0 atom stereocenters. The Morgan fingerprint density at radius 3 is 2.09 bits per heavy atom. The average Bonchev–Trinajstić information content (AvgIpc) is 2.50. The molecular formula is C19H30F3N. The Kier molecular flexibility index (Phi) is 8.67. The Bertz CT molecular complexity index is 436. The maximum absolute atomic E-state index is 13.2. The maximum atomic E-state index is 13.2. The van der Waals surface area contributed by atoms with Gasteiger partial charge in [0.1, 0.15) is 0 Å². The van der Waals surface area contributed by atoms with Gasteiger partial charge in [0.05, 0.1) is 5.56 Å². The fourth-order valence-corrected chi connectivity index (χ4v) is 3.08. The van der Waals surface area contributed by atoms with Crippen LogP contribution >= 0.6 is 0 Å². The number of rotatable bonds is 10. The number of halogens is 3. The molecule has 0 aromatic heterocycles. The number of benzene rings is 1. The Hall–Kier alpha value is -1.03. The molecule has 0 saturated carbocycles. The zero-order valence-electron chi connectivity index (χ0n) is 14.6. The molecule has 1 aromatic rings. The van der Waals surface area contributed by atoms with Gasteiger partial charge in [-0.15, -0.1) is 0 Å². The van der Waals surface area contributed by atoms with E-state index in [9.17, 15) is 13.2 Å². The minimum atomic E-state index is -4.28. The third-order valence-electron chi connectivity index (χ3n) is 4.26. The maximum Gasteiger partial charge on any atom is 0.416 e. The summed E-state index contributed by atoms with van der Waals surface area (Å²) in [6, 6.07) is 6.37. The van der Waals surface area contributed by atoms with E-state index in [2.05, 4.69) is 25.7 Å². The highest BCUT2D eigenvalue weighted by Gasteiger charge is 2.33. The largest absolute Gasteiger partial charge is 0.416 e. The molecule has 0 radical (unpaired) electrons. The fourth-order valence-electron chi connectivity index (χ4n) is 3.08. The molecule has 4 heteroatoms. The minimum Gasteiger partial charge on any atom is -0.296 e. The monoisotopic (exact) mass is 329 g/mol. The molecule has 0 aliphatic rings. The van der Waals surface area contributed by atoms with E-state index in [4.69, 9.17) is 0 Å². The predicted molar refractivity (Wildman–Crippen MR) is 90.4 cm³/mol. The molecule has 0 bridgehead atoms. The van der Waals surface area contributed by atoms with Gasteiger partial charge >= 0.3 is 6.18 Å². The van der Waals surface area contributed by atoms with Crippen LogP contribution in [0.4, 0.5) is 13.2 Å². The van der Waals surface area contributed by atoms with E-state index in [1.54, 1.807) is 12.1 Å². The molecule has 0 fully saturated rings. The van der Waals surface area contributed by atoms with E-state index >= 15 is 0 Å². The van der Waals surface area contributed by atoms with Gasteiger partial charge in [0.25, 0.3) is 0 Å². The number of hydrogen-bond acceptors (Lipinski definition) is 1. The second kappa shape index (κ2) is 9.96. The first-order chi connectivity index (χ1) is 10.9. The molecule has 0 heterocycles. The van der Waals surface area contributed by atoms with Crippen LogP contribution in [0, 0.1) is 0 Å². The Morgan fingerprint density at radius 1 is 0.957 bits per heavy atom. The van der Waals surface area contributed by atoms with E-state index < -0.39 is 11.7 Å². The van der Waals surface area contributed by atoms with Crippen LogP contribution in [0.15, 0.2) is 24.3 Å². The second-order valence-corrected chi connectivity index (χ2v) is 6.21. The summed E-state index contributed by atoms with van der Waals surface area (Å²) in [5.74, 6) is 0. The van der Waals surface area contributed by atoms with Gasteiger partial charge in [0, 0.05) is 12.6 Å². The summed E-state index contributed by atoms with van der Waals surface area (Å²) in [5.41, 5.74) is -0.0958. The third-order valence-corrected chi connectivity index (χ3v) is 4.26. The molecule has 0 saturated heterocycles. The van der Waals surface area contributed by atoms with Crippen LogP contribution in [0.1, 0.15) is 70.4 Å². The minimum absolute atomic E-state index is 0.373. The molecule has 0 amide bonds. The summed E-state index contributed by atoms with van der Waals surface area (Å²) in [4.78, 5) is 2.26. The highest BCUT2D eigenvalue weighted by atomic mass is 19.4. The topological polar surface area (TPSA) is 3.24 Å². The van der Waals surface area contributed by atoms with Gasteiger partial charge in [-0.1, -0.05) is 58.2 Å². The van der Waals surface area contributed by atoms with Crippen molar-refractivity contribution in [2.75, 3.05) is 6.54 Å². The van der Waals surface area contributed by atoms with Crippen LogP contribution in [0.2, 0.25) is 0 Å². The van der Waals surface area contributed by atoms with Gasteiger partial charge in [0.2, 0.25) is 0 Å². The number of hydrogen-bond donors (Lipinski definition) is 0. The van der Waals surface area contributed by atoms with Gasteiger partial charge in [-0.3, -0.25) is 4.90 Å². The van der Waals surface area contributed by atoms with Crippen molar-refractivity contribution in [1.82, 2.24) is 4.90 Å². The van der Waals surface area contributed by atoms with Crippen molar-refractivity contribution < 1.29 is 13.2 Å². The fraction of sp³-hybridized carbons (Fsp3) is 0.684. The summed E-state index contributed by atoms with van der Waals surface area (Å²) in [7, 11) is 0. The first kappa shape index (κ1) is 20.0. The van der Waals surface area contributed by atoms with Crippen LogP contribution in [-0.4, -0.2) is 17.5 Å². The second-order valence-electron chi connectivity index (χ2n) is 6.21. The van der Waals surface area contributed by atoms with Crippen molar-refractivity contribution >= 4 is 0 Å². The van der Waals surface area contributed by atoms with Crippen molar-refractivity contribution in [3.8, 4) is 0 Å². The summed E-state index contributed by atoms with van der Waals surface area (Å²) < 4.78 is 39.7. The van der Waals surface area contributed by atoms with Crippen molar-refractivity contribution in [2.45, 2.75) is 78.1 Å². The molecule has 1 aromatic carbocycles. The van der Waals surface area contributed by atoms with Gasteiger partial charge in [-0.05, 0) is 37.4 Å². The van der Waals surface area contributed by atoms with Crippen molar-refractivity contribution in [2.24, 2.45) is 0 Å². The predicted octanol–water partition coefficient (Wildman–Crippen LogP) is 6.28. The lowest BCUT2D eigenvalue weighted by Crippen LogP contribution is -2.36. The Labute approximate surface area is 138 Å². The average molecular weight is 329 g/mol. The van der Waals surface area contributed by atoms with Crippen LogP contribution in [-0.2, 0) is 12.7 Å². The summed E-state index contributed by atoms with van der Waals surface area (Å²) in [6.45, 7) is 7.67. The van der Waals surface area contributed by atoms with Crippen LogP contribution < -0.4 is 0 Å². The Balaban J connectivity index is 3.00. The molecule has 0 aliphatic carbocycles. The van der Waals surface area contributed by atoms with Gasteiger partial charge in [0.15, 0.2) is 0 Å². The van der Waals surface area contributed by atoms with Crippen molar-refractivity contribution in [3.05, 3.63) is 35.4 Å². The molecule has 1 nitrogen and oxygen atoms in total. The lowest BCUT2D eigenvalue weighted by Gasteiger charge is -2.32. The summed E-state index contributed by atoms with van der Waals surface area (Å²) in [6.07, 6.45) is 2.03. The zero-order chi connectivity index (χ0) is 17.3. The Morgan fingerprint density at radius 2 is 1.57 bits per heavy atom. The quantitative estimate of drug-likeness (QED) is 0.488. The molecule has 23 heavy (non-hydrogen) atoms. The molecule has 0 spiro atoms. The summed E-state index contributed by atoms with van der Waals surface area (Å²) >= 11 is 0. The lowest BCUT2D eigenvalue weighted by molar-refractivity contribution is -0.138. The number of nitrogens with zero attached hydrogens (tertiary/aromatic N) is 1. The van der Waals surface area contributed by atoms with Gasteiger partial charge in [-0.2, -0.15) is 13.2 Å². The molecule has 0 aliphatic heterocycles. The van der Waals surface area contributed by atoms with E-state index in [1.165, 1.54) is 12.1 Å². The first-order valence-corrected chi connectivity index (χ1v) is 8.83. The van der Waals surface area contributed by atoms with Gasteiger partial charge in [-0.25, -0.2) is 0 Å². The van der Waals surface area contributed by atoms with E-state index in [0.717, 1.165) is 45.1 Å². The standard InChI is InChI=1S/C19H30F3N/c1-4-7-14-23(17(10-5-2)11-6-3)15-16-12-8-9-13-18(16)19(20,21)22/h8-9,12-13,17H,4-7,10-11,14-15H2,1-3H3. The number of unbranched alkanes of at least 4 members (excludes halogenated alkanes) is 1. The highest BCUT2D eigenvalue weighted by molar-refractivity contribution is 5.29. The smallest absolute Gasteiger partial charge is 0.296 e. The van der Waals surface area contributed by atoms with Crippen LogP contribution in [0.3, 0.4) is 0 Å². The van der Waals surface area contributed by atoms with Crippen LogP contribution in [0.25, 0.3) is 0 Å². The SMILES string of the molecule is CCCCN(Cc1ccccc1C(F)(F)F)C(CCC)CCC. The van der Waals surface area contributed by atoms with Crippen molar-refractivity contribution in [3.63, 3.8) is 0 Å². The van der Waals surface area contributed by atoms with E-state index in [0.29, 0.717) is 18.2 Å².